The van der Waals surface area contributed by atoms with Crippen LogP contribution in [0.4, 0.5) is 4.39 Å². The first-order valence-corrected chi connectivity index (χ1v) is 13.4. The highest BCUT2D eigenvalue weighted by atomic mass is 28.3. The van der Waals surface area contributed by atoms with Crippen LogP contribution in [0.15, 0.2) is 121 Å². The third-order valence-corrected chi connectivity index (χ3v) is 10.8. The second-order valence-corrected chi connectivity index (χ2v) is 12.2. The average Bonchev–Trinajstić information content (AvgIpc) is 3.22. The van der Waals surface area contributed by atoms with E-state index >= 15 is 0 Å². The van der Waals surface area contributed by atoms with Gasteiger partial charge in [-0.05, 0) is 45.2 Å². The van der Waals surface area contributed by atoms with Crippen molar-refractivity contribution in [2.45, 2.75) is 12.5 Å². The Morgan fingerprint density at radius 3 is 1.79 bits per heavy atom. The molecule has 3 heteroatoms. The van der Waals surface area contributed by atoms with Crippen molar-refractivity contribution in [1.29, 1.82) is 0 Å². The zero-order valence-corrected chi connectivity index (χ0v) is 19.8. The Balaban J connectivity index is 1.63. The van der Waals surface area contributed by atoms with Crippen LogP contribution >= 0.6 is 0 Å². The fraction of sp³-hybridized carbons (Fsp3) is 0.0968. The smallest absolute Gasteiger partial charge is 0.230 e. The van der Waals surface area contributed by atoms with Crippen LogP contribution < -0.4 is 15.6 Å². The molecule has 0 amide bonds. The van der Waals surface area contributed by atoms with E-state index in [1.165, 1.54) is 27.7 Å². The van der Waals surface area contributed by atoms with Crippen molar-refractivity contribution in [3.8, 4) is 11.5 Å². The summed E-state index contributed by atoms with van der Waals surface area (Å²) in [6.07, 6.45) is -0.185. The molecule has 2 atom stereocenters. The van der Waals surface area contributed by atoms with Crippen molar-refractivity contribution in [2.24, 2.45) is 5.92 Å². The van der Waals surface area contributed by atoms with Crippen molar-refractivity contribution in [3.05, 3.63) is 138 Å². The first kappa shape index (κ1) is 22.1. The van der Waals surface area contributed by atoms with Gasteiger partial charge in [-0.1, -0.05) is 110 Å². The van der Waals surface area contributed by atoms with Gasteiger partial charge in [0.2, 0.25) is 8.07 Å². The van der Waals surface area contributed by atoms with E-state index in [1.807, 2.05) is 18.2 Å². The van der Waals surface area contributed by atoms with E-state index in [1.54, 1.807) is 6.07 Å². The van der Waals surface area contributed by atoms with Gasteiger partial charge in [0.1, 0.15) is 5.82 Å². The van der Waals surface area contributed by atoms with Gasteiger partial charge >= 0.3 is 0 Å². The summed E-state index contributed by atoms with van der Waals surface area (Å²) in [5.41, 5.74) is 6.01. The number of halogens is 1. The highest BCUT2D eigenvalue weighted by Gasteiger charge is 2.39. The molecule has 4 aromatic rings. The maximum absolute atomic E-state index is 13.8. The summed E-state index contributed by atoms with van der Waals surface area (Å²) in [4.78, 5) is 0. The molecule has 0 saturated heterocycles. The van der Waals surface area contributed by atoms with Crippen LogP contribution in [0.3, 0.4) is 0 Å². The van der Waals surface area contributed by atoms with E-state index in [0.29, 0.717) is 17.6 Å². The summed E-state index contributed by atoms with van der Waals surface area (Å²) in [6, 6.07) is 36.0. The Morgan fingerprint density at radius 1 is 0.794 bits per heavy atom. The first-order chi connectivity index (χ1) is 16.6. The summed E-state index contributed by atoms with van der Waals surface area (Å²) in [6.45, 7) is 4.27. The number of aliphatic hydroxyl groups excluding tert-OH is 1. The minimum absolute atomic E-state index is 0.252. The van der Waals surface area contributed by atoms with Gasteiger partial charge in [0, 0.05) is 11.5 Å². The molecule has 0 bridgehead atoms. The van der Waals surface area contributed by atoms with Gasteiger partial charge in [-0.15, -0.1) is 5.54 Å². The zero-order chi connectivity index (χ0) is 23.5. The molecule has 5 rings (SSSR count). The lowest BCUT2D eigenvalue weighted by Gasteiger charge is -2.28. The van der Waals surface area contributed by atoms with Gasteiger partial charge in [-0.2, -0.15) is 0 Å². The van der Waals surface area contributed by atoms with Crippen molar-refractivity contribution in [1.82, 2.24) is 0 Å². The van der Waals surface area contributed by atoms with Gasteiger partial charge in [0.15, 0.2) is 0 Å². The molecule has 34 heavy (non-hydrogen) atoms. The molecule has 0 unspecified atom stereocenters. The summed E-state index contributed by atoms with van der Waals surface area (Å²) >= 11 is 0. The summed E-state index contributed by atoms with van der Waals surface area (Å²) in [5.74, 6) is 2.82. The molecular formula is C31H25FOSi. The van der Waals surface area contributed by atoms with Crippen molar-refractivity contribution in [2.75, 3.05) is 0 Å². The summed E-state index contributed by atoms with van der Waals surface area (Å²) in [7, 11) is -2.71. The SMILES string of the molecule is C=C(C#C[Si](c1ccccc1)(c1ccccc1)c1ccccc1)[C@H]1Cc2ccc(F)cc2[C@H]1O. The predicted octanol–water partition coefficient (Wildman–Crippen LogP) is 4.30. The summed E-state index contributed by atoms with van der Waals surface area (Å²) in [5, 5.41) is 14.5. The number of benzene rings is 4. The van der Waals surface area contributed by atoms with Crippen molar-refractivity contribution in [3.63, 3.8) is 0 Å². The number of fused-ring (bicyclic) bond motifs is 1. The molecule has 0 aliphatic heterocycles. The van der Waals surface area contributed by atoms with E-state index in [0.717, 1.165) is 5.56 Å². The van der Waals surface area contributed by atoms with Gasteiger partial charge in [-0.3, -0.25) is 0 Å². The van der Waals surface area contributed by atoms with E-state index < -0.39 is 14.2 Å². The Morgan fingerprint density at radius 2 is 1.29 bits per heavy atom. The Labute approximate surface area is 201 Å². The molecule has 166 valence electrons. The monoisotopic (exact) mass is 460 g/mol. The fourth-order valence-electron chi connectivity index (χ4n) is 4.95. The van der Waals surface area contributed by atoms with E-state index in [4.69, 9.17) is 0 Å². The number of aliphatic hydroxyl groups is 1. The molecule has 0 spiro atoms. The Kier molecular flexibility index (Phi) is 6.02. The molecule has 1 N–H and O–H groups in total. The van der Waals surface area contributed by atoms with Crippen LogP contribution in [0.25, 0.3) is 0 Å². The van der Waals surface area contributed by atoms with Gasteiger partial charge in [-0.25, -0.2) is 4.39 Å². The first-order valence-electron chi connectivity index (χ1n) is 11.4. The normalized spacial score (nSPS) is 16.9. The topological polar surface area (TPSA) is 20.2 Å². The van der Waals surface area contributed by atoms with E-state index in [-0.39, 0.29) is 11.7 Å². The molecule has 1 aliphatic carbocycles. The Hall–Kier alpha value is -3.71. The average molecular weight is 461 g/mol. The third kappa shape index (κ3) is 3.92. The molecule has 1 aliphatic rings. The van der Waals surface area contributed by atoms with Gasteiger partial charge < -0.3 is 5.11 Å². The number of hydrogen-bond donors (Lipinski definition) is 1. The minimum atomic E-state index is -2.71. The van der Waals surface area contributed by atoms with E-state index in [2.05, 4.69) is 90.8 Å². The Bertz CT molecular complexity index is 1270. The van der Waals surface area contributed by atoms with Crippen LogP contribution in [0.5, 0.6) is 0 Å². The van der Waals surface area contributed by atoms with Crippen molar-refractivity contribution >= 4 is 23.6 Å². The van der Waals surface area contributed by atoms with Crippen LogP contribution in [-0.2, 0) is 6.42 Å². The third-order valence-electron chi connectivity index (χ3n) is 6.73. The number of hydrogen-bond acceptors (Lipinski definition) is 1. The summed E-state index contributed by atoms with van der Waals surface area (Å²) < 4.78 is 13.8. The van der Waals surface area contributed by atoms with E-state index in [9.17, 15) is 9.50 Å². The van der Waals surface area contributed by atoms with Crippen LogP contribution in [0.1, 0.15) is 17.2 Å². The molecule has 0 heterocycles. The minimum Gasteiger partial charge on any atom is -0.388 e. The quantitative estimate of drug-likeness (QED) is 0.274. The van der Waals surface area contributed by atoms with Gasteiger partial charge in [0.05, 0.1) is 6.10 Å². The highest BCUT2D eigenvalue weighted by molar-refractivity contribution is 7.16. The maximum Gasteiger partial charge on any atom is 0.230 e. The number of rotatable bonds is 4. The molecule has 0 fully saturated rings. The van der Waals surface area contributed by atoms with Crippen LogP contribution in [-0.4, -0.2) is 13.2 Å². The fourth-order valence-corrected chi connectivity index (χ4v) is 8.81. The molecular weight excluding hydrogens is 435 g/mol. The second-order valence-electron chi connectivity index (χ2n) is 8.72. The molecule has 1 nitrogen and oxygen atoms in total. The van der Waals surface area contributed by atoms with Crippen LogP contribution in [0, 0.1) is 23.2 Å². The van der Waals surface area contributed by atoms with Crippen molar-refractivity contribution < 1.29 is 9.50 Å². The molecule has 0 aromatic heterocycles. The zero-order valence-electron chi connectivity index (χ0n) is 18.8. The lowest BCUT2D eigenvalue weighted by molar-refractivity contribution is 0.142. The highest BCUT2D eigenvalue weighted by Crippen LogP contribution is 2.39. The molecule has 0 saturated carbocycles. The van der Waals surface area contributed by atoms with Gasteiger partial charge in [0.25, 0.3) is 0 Å². The maximum atomic E-state index is 13.8. The molecule has 0 radical (unpaired) electrons. The largest absolute Gasteiger partial charge is 0.388 e. The lowest BCUT2D eigenvalue weighted by Crippen LogP contribution is -2.66. The van der Waals surface area contributed by atoms with Crippen LogP contribution in [0.2, 0.25) is 0 Å². The standard InChI is InChI=1S/C31H25FOSi/c1-23(29-21-24-17-18-25(32)22-30(24)31(29)33)19-20-34(26-11-5-2-6-12-26,27-13-7-3-8-14-27)28-15-9-4-10-16-28/h2-18,22,29,31,33H,1,21H2/t29-,31+/m1/s1. The molecule has 4 aromatic carbocycles. The predicted molar refractivity (Wildman–Crippen MR) is 139 cm³/mol. The lowest BCUT2D eigenvalue weighted by atomic mass is 9.96. The second kappa shape index (κ2) is 9.27.